The third-order valence-electron chi connectivity index (χ3n) is 7.42. The predicted octanol–water partition coefficient (Wildman–Crippen LogP) is 11.0. The first-order chi connectivity index (χ1) is 27.9. The fourth-order valence-electron chi connectivity index (χ4n) is 5.62. The number of nitrogens with zero attached hydrogens (tertiary/aromatic N) is 1. The highest BCUT2D eigenvalue weighted by Crippen LogP contribution is 2.49. The Bertz CT molecular complexity index is 3220. The van der Waals surface area contributed by atoms with Gasteiger partial charge in [-0.25, -0.2) is 0 Å². The summed E-state index contributed by atoms with van der Waals surface area (Å²) >= 11 is 0. The SMILES string of the molecule is [2H]c1c([2H])c([2H])c(-c2ccc3c4c(cccc24)-c2cc(-c4c([2H])c([2H])c5c6c([2H])c([2H])c([2H])c([2H])c6n(-c6c([2H])c([2H])c([2H])c([2H])c6[2H])c5c4[2H])ccc2O3)c([2H])c1[2H]. The highest BCUT2D eigenvalue weighted by molar-refractivity contribution is 6.11. The van der Waals surface area contributed by atoms with E-state index >= 15 is 0 Å². The predicted molar refractivity (Wildman–Crippen MR) is 175 cm³/mol. The molecule has 0 atom stereocenters. The Morgan fingerprint density at radius 1 is 0.500 bits per heavy atom. The number of rotatable bonds is 3. The van der Waals surface area contributed by atoms with Crippen molar-refractivity contribution in [3.8, 4) is 50.6 Å². The van der Waals surface area contributed by atoms with E-state index < -0.39 is 96.3 Å². The number of ether oxygens (including phenoxy) is 1. The lowest BCUT2D eigenvalue weighted by Crippen LogP contribution is -1.98. The minimum Gasteiger partial charge on any atom is -0.456 e. The normalized spacial score (nSPS) is 17.7. The van der Waals surface area contributed by atoms with Gasteiger partial charge in [0.05, 0.1) is 34.3 Å². The standard InChI is InChI=1S/C40H25NO/c1-3-10-26(11-4-1)30-21-23-39-40-33(30)15-9-16-34(40)35-24-27(19-22-38(35)42-39)28-18-20-32-31-14-7-8-17-36(31)41(37(32)25-28)29-12-5-2-6-13-29/h1-25H/i1D,2D,3D,4D,5D,6D,7D,8D,10D,11D,12D,13D,14D,17D,18D,20D,25D. The van der Waals surface area contributed by atoms with E-state index in [0.29, 0.717) is 39.0 Å². The van der Waals surface area contributed by atoms with Crippen LogP contribution >= 0.6 is 0 Å². The van der Waals surface area contributed by atoms with Gasteiger partial charge in [-0.15, -0.1) is 0 Å². The average Bonchev–Trinajstić information content (AvgIpc) is 3.58. The van der Waals surface area contributed by atoms with Crippen LogP contribution in [0.4, 0.5) is 0 Å². The van der Waals surface area contributed by atoms with Gasteiger partial charge in [0, 0.05) is 27.4 Å². The van der Waals surface area contributed by atoms with Gasteiger partial charge >= 0.3 is 0 Å². The number of benzene rings is 7. The Labute approximate surface area is 267 Å². The van der Waals surface area contributed by atoms with Crippen molar-refractivity contribution in [2.75, 3.05) is 0 Å². The van der Waals surface area contributed by atoms with E-state index in [4.69, 9.17) is 23.9 Å². The zero-order valence-electron chi connectivity index (χ0n) is 38.5. The molecular formula is C40H25NO. The maximum absolute atomic E-state index is 9.66. The summed E-state index contributed by atoms with van der Waals surface area (Å²) in [6.45, 7) is 0. The van der Waals surface area contributed by atoms with Crippen LogP contribution in [0.25, 0.3) is 71.6 Å². The third-order valence-corrected chi connectivity index (χ3v) is 7.42. The summed E-state index contributed by atoms with van der Waals surface area (Å²) in [4.78, 5) is 0. The van der Waals surface area contributed by atoms with Crippen LogP contribution in [0.1, 0.15) is 23.3 Å². The number of hydrogen-bond donors (Lipinski definition) is 0. The van der Waals surface area contributed by atoms with E-state index in [-0.39, 0.29) is 50.6 Å². The minimum absolute atomic E-state index is 0.00414. The lowest BCUT2D eigenvalue weighted by molar-refractivity contribution is 0.487. The molecule has 0 radical (unpaired) electrons. The molecular weight excluding hydrogens is 510 g/mol. The lowest BCUT2D eigenvalue weighted by atomic mass is 9.89. The van der Waals surface area contributed by atoms with Crippen molar-refractivity contribution in [1.29, 1.82) is 0 Å². The van der Waals surface area contributed by atoms with Crippen molar-refractivity contribution in [3.05, 3.63) is 151 Å². The van der Waals surface area contributed by atoms with Gasteiger partial charge in [0.1, 0.15) is 11.5 Å². The van der Waals surface area contributed by atoms with E-state index in [0.717, 1.165) is 4.57 Å². The number of fused-ring (bicyclic) bond motifs is 5. The van der Waals surface area contributed by atoms with Gasteiger partial charge in [-0.05, 0) is 75.6 Å². The first kappa shape index (κ1) is 12.1. The van der Waals surface area contributed by atoms with Crippen LogP contribution in [-0.2, 0) is 0 Å². The largest absolute Gasteiger partial charge is 0.456 e. The molecule has 0 unspecified atom stereocenters. The summed E-state index contributed by atoms with van der Waals surface area (Å²) in [6.07, 6.45) is 0. The molecule has 0 N–H and O–H groups in total. The average molecular weight is 553 g/mol. The molecule has 2 heteroatoms. The zero-order valence-corrected chi connectivity index (χ0v) is 21.5. The molecule has 0 saturated carbocycles. The zero-order chi connectivity index (χ0) is 42.4. The number of hydrogen-bond acceptors (Lipinski definition) is 1. The van der Waals surface area contributed by atoms with Crippen LogP contribution in [0.2, 0.25) is 0 Å². The maximum atomic E-state index is 9.66. The molecule has 0 spiro atoms. The van der Waals surface area contributed by atoms with Gasteiger partial charge in [0.2, 0.25) is 0 Å². The molecule has 0 aliphatic carbocycles. The second-order valence-electron chi connectivity index (χ2n) is 9.66. The van der Waals surface area contributed by atoms with Gasteiger partial charge in [-0.3, -0.25) is 0 Å². The Morgan fingerprint density at radius 3 is 2.14 bits per heavy atom. The second-order valence-corrected chi connectivity index (χ2v) is 9.66. The topological polar surface area (TPSA) is 14.2 Å². The fraction of sp³-hybridized carbons (Fsp3) is 0. The third kappa shape index (κ3) is 3.39. The summed E-state index contributed by atoms with van der Waals surface area (Å²) in [7, 11) is 0. The molecule has 8 aromatic rings. The van der Waals surface area contributed by atoms with Crippen LogP contribution in [0.5, 0.6) is 11.5 Å². The minimum atomic E-state index is -0.731. The van der Waals surface area contributed by atoms with E-state index in [1.54, 1.807) is 48.5 Å². The molecule has 0 amide bonds. The summed E-state index contributed by atoms with van der Waals surface area (Å²) in [6, 6.07) is 3.43. The molecule has 1 aliphatic heterocycles. The molecule has 1 aliphatic rings. The Balaban J connectivity index is 1.36. The van der Waals surface area contributed by atoms with Crippen LogP contribution in [0, 0.1) is 0 Å². The molecule has 1 aromatic heterocycles. The monoisotopic (exact) mass is 552 g/mol. The summed E-state index contributed by atoms with van der Waals surface area (Å²) < 4.78 is 155. The fourth-order valence-corrected chi connectivity index (χ4v) is 5.62. The van der Waals surface area contributed by atoms with E-state index in [1.807, 2.05) is 0 Å². The highest BCUT2D eigenvalue weighted by Gasteiger charge is 2.22. The smallest absolute Gasteiger partial charge is 0.135 e. The molecule has 7 aromatic carbocycles. The van der Waals surface area contributed by atoms with Gasteiger partial charge in [0.25, 0.3) is 0 Å². The lowest BCUT2D eigenvalue weighted by Gasteiger charge is -2.23. The van der Waals surface area contributed by atoms with Crippen molar-refractivity contribution in [2.45, 2.75) is 0 Å². The van der Waals surface area contributed by atoms with E-state index in [9.17, 15) is 4.11 Å². The summed E-state index contributed by atoms with van der Waals surface area (Å²) in [5.41, 5.74) is 0.462. The molecule has 0 bridgehead atoms. The van der Waals surface area contributed by atoms with Gasteiger partial charge in [0.15, 0.2) is 0 Å². The number of para-hydroxylation sites is 2. The molecule has 2 nitrogen and oxygen atoms in total. The molecule has 0 saturated heterocycles. The first-order valence-corrected chi connectivity index (χ1v) is 13.0. The Morgan fingerprint density at radius 2 is 1.26 bits per heavy atom. The number of aromatic nitrogens is 1. The molecule has 196 valence electrons. The van der Waals surface area contributed by atoms with Crippen molar-refractivity contribution in [2.24, 2.45) is 0 Å². The molecule has 0 fully saturated rings. The van der Waals surface area contributed by atoms with E-state index in [1.165, 1.54) is 0 Å². The Hall–Kier alpha value is -5.60. The molecule has 2 heterocycles. The first-order valence-electron chi connectivity index (χ1n) is 21.5. The van der Waals surface area contributed by atoms with Gasteiger partial charge in [-0.2, -0.15) is 0 Å². The summed E-state index contributed by atoms with van der Waals surface area (Å²) in [5, 5.41) is 0.584. The van der Waals surface area contributed by atoms with Crippen molar-refractivity contribution in [3.63, 3.8) is 0 Å². The maximum Gasteiger partial charge on any atom is 0.135 e. The van der Waals surface area contributed by atoms with Crippen LogP contribution < -0.4 is 4.74 Å². The van der Waals surface area contributed by atoms with Crippen LogP contribution in [-0.4, -0.2) is 4.57 Å². The van der Waals surface area contributed by atoms with Gasteiger partial charge < -0.3 is 9.30 Å². The molecule has 9 rings (SSSR count). The van der Waals surface area contributed by atoms with E-state index in [2.05, 4.69) is 0 Å². The van der Waals surface area contributed by atoms with Crippen molar-refractivity contribution in [1.82, 2.24) is 4.57 Å². The van der Waals surface area contributed by atoms with Crippen LogP contribution in [0.3, 0.4) is 0 Å². The summed E-state index contributed by atoms with van der Waals surface area (Å²) in [5.74, 6) is 0.804. The van der Waals surface area contributed by atoms with Crippen LogP contribution in [0.15, 0.2) is 151 Å². The van der Waals surface area contributed by atoms with Crippen molar-refractivity contribution < 1.29 is 28.0 Å². The highest BCUT2D eigenvalue weighted by atomic mass is 16.5. The molecule has 42 heavy (non-hydrogen) atoms. The second kappa shape index (κ2) is 8.95. The van der Waals surface area contributed by atoms with Gasteiger partial charge in [-0.1, -0.05) is 109 Å². The quantitative estimate of drug-likeness (QED) is 0.213. The van der Waals surface area contributed by atoms with Crippen molar-refractivity contribution >= 4 is 32.6 Å². The Kier molecular flexibility index (Phi) is 2.58.